The topological polar surface area (TPSA) is 9.23 Å². The molecule has 3 unspecified atom stereocenters. The lowest BCUT2D eigenvalue weighted by Gasteiger charge is -2.27. The van der Waals surface area contributed by atoms with E-state index in [1.54, 1.807) is 7.11 Å². The fourth-order valence-electron chi connectivity index (χ4n) is 2.53. The molecule has 108 valence electrons. The van der Waals surface area contributed by atoms with Gasteiger partial charge in [0.1, 0.15) is 11.6 Å². The Morgan fingerprint density at radius 1 is 1.05 bits per heavy atom. The van der Waals surface area contributed by atoms with Gasteiger partial charge in [-0.25, -0.2) is 8.78 Å². The van der Waals surface area contributed by atoms with Gasteiger partial charge in [0.15, 0.2) is 0 Å². The summed E-state index contributed by atoms with van der Waals surface area (Å²) in [5, 5.41) is 0. The Balaban J connectivity index is 2.96. The molecule has 3 heteroatoms. The molecule has 0 radical (unpaired) electrons. The third-order valence-electron chi connectivity index (χ3n) is 3.82. The van der Waals surface area contributed by atoms with E-state index in [2.05, 4.69) is 20.8 Å². The minimum Gasteiger partial charge on any atom is -0.376 e. The molecule has 0 aliphatic heterocycles. The van der Waals surface area contributed by atoms with Gasteiger partial charge in [-0.2, -0.15) is 0 Å². The highest BCUT2D eigenvalue weighted by Gasteiger charge is 2.24. The molecule has 0 saturated heterocycles. The Morgan fingerprint density at radius 3 is 2.05 bits per heavy atom. The predicted octanol–water partition coefficient (Wildman–Crippen LogP) is 5.11. The first kappa shape index (κ1) is 16.1. The lowest BCUT2D eigenvalue weighted by molar-refractivity contribution is 0.0390. The third-order valence-corrected chi connectivity index (χ3v) is 3.82. The number of hydrogen-bond acceptors (Lipinski definition) is 1. The molecule has 0 fully saturated rings. The van der Waals surface area contributed by atoms with Crippen molar-refractivity contribution in [2.45, 2.75) is 46.1 Å². The van der Waals surface area contributed by atoms with E-state index in [1.165, 1.54) is 12.1 Å². The molecule has 0 heterocycles. The summed E-state index contributed by atoms with van der Waals surface area (Å²) in [5.41, 5.74) is 0.593. The number of methoxy groups -OCH3 is 1. The second kappa shape index (κ2) is 7.59. The van der Waals surface area contributed by atoms with Gasteiger partial charge < -0.3 is 4.74 Å². The maximum Gasteiger partial charge on any atom is 0.126 e. The highest BCUT2D eigenvalue weighted by molar-refractivity contribution is 5.21. The summed E-state index contributed by atoms with van der Waals surface area (Å²) < 4.78 is 32.2. The van der Waals surface area contributed by atoms with Crippen LogP contribution in [0.2, 0.25) is 0 Å². The van der Waals surface area contributed by atoms with Crippen LogP contribution in [0.15, 0.2) is 18.2 Å². The molecule has 0 aliphatic rings. The first-order valence-corrected chi connectivity index (χ1v) is 7.00. The van der Waals surface area contributed by atoms with Crippen molar-refractivity contribution < 1.29 is 13.5 Å². The Labute approximate surface area is 115 Å². The van der Waals surface area contributed by atoms with Crippen LogP contribution in [0.4, 0.5) is 8.78 Å². The van der Waals surface area contributed by atoms with E-state index >= 15 is 0 Å². The largest absolute Gasteiger partial charge is 0.376 e. The zero-order valence-corrected chi connectivity index (χ0v) is 12.2. The zero-order valence-electron chi connectivity index (χ0n) is 12.2. The molecule has 0 aromatic heterocycles. The van der Waals surface area contributed by atoms with Gasteiger partial charge in [0, 0.05) is 13.2 Å². The molecule has 0 saturated carbocycles. The molecule has 0 spiro atoms. The highest BCUT2D eigenvalue weighted by atomic mass is 19.1. The predicted molar refractivity (Wildman–Crippen MR) is 74.0 cm³/mol. The standard InChI is InChI=1S/C16H24F2O/c1-5-11(3)7-12(6-2)16(19-4)13-8-14(17)10-15(18)9-13/h8-12,16H,5-7H2,1-4H3. The average molecular weight is 270 g/mol. The molecule has 1 aromatic rings. The zero-order chi connectivity index (χ0) is 14.4. The molecule has 1 nitrogen and oxygen atoms in total. The molecule has 0 N–H and O–H groups in total. The molecule has 0 aliphatic carbocycles. The van der Waals surface area contributed by atoms with E-state index in [9.17, 15) is 8.78 Å². The first-order chi connectivity index (χ1) is 9.01. The Morgan fingerprint density at radius 2 is 1.63 bits per heavy atom. The maximum absolute atomic E-state index is 13.3. The van der Waals surface area contributed by atoms with Crippen LogP contribution in [0.1, 0.15) is 51.7 Å². The third kappa shape index (κ3) is 4.57. The summed E-state index contributed by atoms with van der Waals surface area (Å²) in [4.78, 5) is 0. The van der Waals surface area contributed by atoms with Gasteiger partial charge in [0.25, 0.3) is 0 Å². The van der Waals surface area contributed by atoms with Crippen molar-refractivity contribution in [3.05, 3.63) is 35.4 Å². The summed E-state index contributed by atoms with van der Waals surface area (Å²) in [6.45, 7) is 6.44. The van der Waals surface area contributed by atoms with E-state index in [0.29, 0.717) is 11.5 Å². The first-order valence-electron chi connectivity index (χ1n) is 7.00. The number of ether oxygens (including phenoxy) is 1. The summed E-state index contributed by atoms with van der Waals surface area (Å²) in [5.74, 6) is -0.229. The van der Waals surface area contributed by atoms with Crippen LogP contribution < -0.4 is 0 Å². The second-order valence-electron chi connectivity index (χ2n) is 5.28. The van der Waals surface area contributed by atoms with Crippen LogP contribution in [-0.2, 0) is 4.74 Å². The van der Waals surface area contributed by atoms with Gasteiger partial charge in [0.2, 0.25) is 0 Å². The average Bonchev–Trinajstić information content (AvgIpc) is 2.37. The Hall–Kier alpha value is -0.960. The number of rotatable bonds is 7. The Bertz CT molecular complexity index is 372. The van der Waals surface area contributed by atoms with Crippen molar-refractivity contribution in [3.63, 3.8) is 0 Å². The van der Waals surface area contributed by atoms with Gasteiger partial charge in [-0.1, -0.05) is 33.6 Å². The van der Waals surface area contributed by atoms with Crippen LogP contribution in [0.3, 0.4) is 0 Å². The minimum atomic E-state index is -0.546. The molecular weight excluding hydrogens is 246 g/mol. The van der Waals surface area contributed by atoms with Crippen molar-refractivity contribution in [2.24, 2.45) is 11.8 Å². The molecule has 1 rings (SSSR count). The van der Waals surface area contributed by atoms with Gasteiger partial charge in [-0.05, 0) is 36.0 Å². The highest BCUT2D eigenvalue weighted by Crippen LogP contribution is 2.34. The monoisotopic (exact) mass is 270 g/mol. The minimum absolute atomic E-state index is 0.246. The Kier molecular flexibility index (Phi) is 6.43. The van der Waals surface area contributed by atoms with Crippen LogP contribution in [0, 0.1) is 23.5 Å². The van der Waals surface area contributed by atoms with Crippen molar-refractivity contribution in [1.82, 2.24) is 0 Å². The van der Waals surface area contributed by atoms with Crippen LogP contribution in [-0.4, -0.2) is 7.11 Å². The maximum atomic E-state index is 13.3. The summed E-state index contributed by atoms with van der Waals surface area (Å²) in [6.07, 6.45) is 2.79. The van der Waals surface area contributed by atoms with E-state index in [4.69, 9.17) is 4.74 Å². The molecule has 1 aromatic carbocycles. The number of halogens is 2. The number of benzene rings is 1. The van der Waals surface area contributed by atoms with Gasteiger partial charge in [0.05, 0.1) is 6.10 Å². The number of hydrogen-bond donors (Lipinski definition) is 0. The van der Waals surface area contributed by atoms with Crippen LogP contribution in [0.25, 0.3) is 0 Å². The quantitative estimate of drug-likeness (QED) is 0.668. The van der Waals surface area contributed by atoms with Crippen molar-refractivity contribution in [3.8, 4) is 0 Å². The van der Waals surface area contributed by atoms with Crippen molar-refractivity contribution in [2.75, 3.05) is 7.11 Å². The summed E-state index contributed by atoms with van der Waals surface area (Å²) in [7, 11) is 1.60. The van der Waals surface area contributed by atoms with Crippen LogP contribution >= 0.6 is 0 Å². The molecule has 19 heavy (non-hydrogen) atoms. The normalized spacial score (nSPS) is 16.1. The van der Waals surface area contributed by atoms with E-state index < -0.39 is 11.6 Å². The molecule has 3 atom stereocenters. The molecule has 0 bridgehead atoms. The second-order valence-corrected chi connectivity index (χ2v) is 5.28. The van der Waals surface area contributed by atoms with E-state index in [0.717, 1.165) is 25.3 Å². The van der Waals surface area contributed by atoms with Crippen molar-refractivity contribution in [1.29, 1.82) is 0 Å². The van der Waals surface area contributed by atoms with Gasteiger partial charge in [-0.3, -0.25) is 0 Å². The fourth-order valence-corrected chi connectivity index (χ4v) is 2.53. The summed E-state index contributed by atoms with van der Waals surface area (Å²) in [6, 6.07) is 3.64. The lowest BCUT2D eigenvalue weighted by Crippen LogP contribution is -2.17. The molecule has 0 amide bonds. The summed E-state index contributed by atoms with van der Waals surface area (Å²) >= 11 is 0. The fraction of sp³-hybridized carbons (Fsp3) is 0.625. The molecular formula is C16H24F2O. The lowest BCUT2D eigenvalue weighted by atomic mass is 9.85. The van der Waals surface area contributed by atoms with E-state index in [1.807, 2.05) is 0 Å². The van der Waals surface area contributed by atoms with E-state index in [-0.39, 0.29) is 12.0 Å². The SMILES string of the molecule is CCC(C)CC(CC)C(OC)c1cc(F)cc(F)c1. The van der Waals surface area contributed by atoms with Crippen LogP contribution in [0.5, 0.6) is 0 Å². The van der Waals surface area contributed by atoms with Crippen molar-refractivity contribution >= 4 is 0 Å². The van der Waals surface area contributed by atoms with Gasteiger partial charge in [-0.15, -0.1) is 0 Å². The smallest absolute Gasteiger partial charge is 0.126 e. The van der Waals surface area contributed by atoms with Gasteiger partial charge >= 0.3 is 0 Å².